The van der Waals surface area contributed by atoms with Gasteiger partial charge in [-0.3, -0.25) is 0 Å². The van der Waals surface area contributed by atoms with Crippen molar-refractivity contribution in [1.29, 1.82) is 0 Å². The fourth-order valence-corrected chi connectivity index (χ4v) is 2.88. The highest BCUT2D eigenvalue weighted by Crippen LogP contribution is 2.25. The lowest BCUT2D eigenvalue weighted by molar-refractivity contribution is 0.303. The largest absolute Gasteiger partial charge is 0.486 e. The predicted octanol–water partition coefficient (Wildman–Crippen LogP) is 4.49. The van der Waals surface area contributed by atoms with Crippen LogP contribution in [0.15, 0.2) is 42.5 Å². The first-order chi connectivity index (χ1) is 9.24. The minimum absolute atomic E-state index is 0.531. The maximum Gasteiger partial charge on any atom is 0.140 e. The van der Waals surface area contributed by atoms with Crippen LogP contribution in [0.4, 0.5) is 0 Å². The molecule has 3 rings (SSSR count). The Morgan fingerprint density at radius 1 is 1.05 bits per heavy atom. The van der Waals surface area contributed by atoms with Gasteiger partial charge < -0.3 is 4.74 Å². The van der Waals surface area contributed by atoms with Gasteiger partial charge in [-0.1, -0.05) is 24.3 Å². The van der Waals surface area contributed by atoms with Gasteiger partial charge in [0.1, 0.15) is 17.4 Å². The van der Waals surface area contributed by atoms with E-state index < -0.39 is 0 Å². The monoisotopic (exact) mass is 269 g/mol. The molecule has 0 saturated heterocycles. The number of para-hydroxylation sites is 1. The number of nitrogens with zero attached hydrogens (tertiary/aromatic N) is 1. The Morgan fingerprint density at radius 3 is 2.74 bits per heavy atom. The van der Waals surface area contributed by atoms with Gasteiger partial charge in [-0.15, -0.1) is 11.3 Å². The molecular formula is C16H15NOS. The molecule has 19 heavy (non-hydrogen) atoms. The number of hydrogen-bond donors (Lipinski definition) is 0. The summed E-state index contributed by atoms with van der Waals surface area (Å²) in [7, 11) is 0. The van der Waals surface area contributed by atoms with Crippen LogP contribution in [0.2, 0.25) is 0 Å². The smallest absolute Gasteiger partial charge is 0.140 e. The average Bonchev–Trinajstić information content (AvgIpc) is 2.83. The number of aryl methyl sites for hydroxylation is 1. The van der Waals surface area contributed by atoms with Gasteiger partial charge in [0.05, 0.1) is 10.2 Å². The molecule has 0 bridgehead atoms. The number of aromatic nitrogens is 1. The highest BCUT2D eigenvalue weighted by molar-refractivity contribution is 7.18. The van der Waals surface area contributed by atoms with Gasteiger partial charge in [-0.25, -0.2) is 4.98 Å². The zero-order valence-corrected chi connectivity index (χ0v) is 11.8. The normalized spacial score (nSPS) is 10.8. The summed E-state index contributed by atoms with van der Waals surface area (Å²) in [6.07, 6.45) is 0. The van der Waals surface area contributed by atoms with Crippen molar-refractivity contribution in [2.24, 2.45) is 0 Å². The third-order valence-corrected chi connectivity index (χ3v) is 4.25. The molecule has 0 radical (unpaired) electrons. The van der Waals surface area contributed by atoms with E-state index in [1.807, 2.05) is 30.3 Å². The summed E-state index contributed by atoms with van der Waals surface area (Å²) in [6, 6.07) is 14.3. The minimum Gasteiger partial charge on any atom is -0.486 e. The van der Waals surface area contributed by atoms with Crippen LogP contribution in [0.5, 0.6) is 5.75 Å². The Kier molecular flexibility index (Phi) is 3.22. The van der Waals surface area contributed by atoms with Gasteiger partial charge in [0.15, 0.2) is 0 Å². The molecule has 0 unspecified atom stereocenters. The molecule has 0 amide bonds. The van der Waals surface area contributed by atoms with Gasteiger partial charge in [0.2, 0.25) is 0 Å². The zero-order valence-electron chi connectivity index (χ0n) is 11.0. The van der Waals surface area contributed by atoms with Crippen LogP contribution in [0.1, 0.15) is 16.1 Å². The molecule has 0 atom stereocenters. The van der Waals surface area contributed by atoms with E-state index in [1.54, 1.807) is 11.3 Å². The van der Waals surface area contributed by atoms with Crippen LogP contribution in [-0.4, -0.2) is 4.98 Å². The van der Waals surface area contributed by atoms with Crippen molar-refractivity contribution in [2.45, 2.75) is 20.5 Å². The van der Waals surface area contributed by atoms with Crippen LogP contribution in [0.3, 0.4) is 0 Å². The Balaban J connectivity index is 1.80. The summed E-state index contributed by atoms with van der Waals surface area (Å²) >= 11 is 1.69. The third-order valence-electron chi connectivity index (χ3n) is 3.24. The second-order valence-corrected chi connectivity index (χ2v) is 5.68. The zero-order chi connectivity index (χ0) is 13.2. The highest BCUT2D eigenvalue weighted by atomic mass is 32.1. The lowest BCUT2D eigenvalue weighted by Gasteiger charge is -2.09. The fourth-order valence-electron chi connectivity index (χ4n) is 2.00. The van der Waals surface area contributed by atoms with Crippen LogP contribution >= 0.6 is 11.3 Å². The topological polar surface area (TPSA) is 22.1 Å². The molecular weight excluding hydrogens is 254 g/mol. The van der Waals surface area contributed by atoms with Crippen molar-refractivity contribution >= 4 is 21.6 Å². The summed E-state index contributed by atoms with van der Waals surface area (Å²) in [5.41, 5.74) is 3.50. The molecule has 3 aromatic rings. The van der Waals surface area contributed by atoms with Crippen molar-refractivity contribution in [3.8, 4) is 5.75 Å². The Hall–Kier alpha value is -1.87. The van der Waals surface area contributed by atoms with Gasteiger partial charge in [0, 0.05) is 0 Å². The van der Waals surface area contributed by atoms with Crippen LogP contribution < -0.4 is 4.74 Å². The SMILES string of the molecule is Cc1cccc(OCc2nc3ccccc3s2)c1C. The van der Waals surface area contributed by atoms with Gasteiger partial charge >= 0.3 is 0 Å². The average molecular weight is 269 g/mol. The number of fused-ring (bicyclic) bond motifs is 1. The van der Waals surface area contributed by atoms with Crippen LogP contribution in [0, 0.1) is 13.8 Å². The van der Waals surface area contributed by atoms with E-state index in [0.29, 0.717) is 6.61 Å². The van der Waals surface area contributed by atoms with Crippen molar-refractivity contribution in [2.75, 3.05) is 0 Å². The third kappa shape index (κ3) is 2.47. The van der Waals surface area contributed by atoms with Crippen molar-refractivity contribution in [3.05, 3.63) is 58.6 Å². The fraction of sp³-hybridized carbons (Fsp3) is 0.188. The lowest BCUT2D eigenvalue weighted by atomic mass is 10.1. The van der Waals surface area contributed by atoms with E-state index in [-0.39, 0.29) is 0 Å². The molecule has 0 spiro atoms. The van der Waals surface area contributed by atoms with Crippen LogP contribution in [0.25, 0.3) is 10.2 Å². The standard InChI is InChI=1S/C16H15NOS/c1-11-6-5-8-14(12(11)2)18-10-16-17-13-7-3-4-9-15(13)19-16/h3-9H,10H2,1-2H3. The van der Waals surface area contributed by atoms with Gasteiger partial charge in [0.25, 0.3) is 0 Å². The number of benzene rings is 2. The highest BCUT2D eigenvalue weighted by Gasteiger charge is 2.06. The van der Waals surface area contributed by atoms with Gasteiger partial charge in [-0.2, -0.15) is 0 Å². The maximum absolute atomic E-state index is 5.88. The summed E-state index contributed by atoms with van der Waals surface area (Å²) < 4.78 is 7.09. The molecule has 0 fully saturated rings. The van der Waals surface area contributed by atoms with E-state index in [4.69, 9.17) is 4.74 Å². The van der Waals surface area contributed by atoms with E-state index in [2.05, 4.69) is 31.0 Å². The first-order valence-electron chi connectivity index (χ1n) is 6.27. The van der Waals surface area contributed by atoms with Crippen LogP contribution in [-0.2, 0) is 6.61 Å². The van der Waals surface area contributed by atoms with E-state index in [9.17, 15) is 0 Å². The molecule has 96 valence electrons. The first kappa shape index (κ1) is 12.2. The molecule has 2 nitrogen and oxygen atoms in total. The summed E-state index contributed by atoms with van der Waals surface area (Å²) in [5, 5.41) is 1.02. The van der Waals surface area contributed by atoms with Crippen molar-refractivity contribution in [3.63, 3.8) is 0 Å². The van der Waals surface area contributed by atoms with E-state index in [0.717, 1.165) is 16.3 Å². The summed E-state index contributed by atoms with van der Waals surface area (Å²) in [6.45, 7) is 4.71. The molecule has 3 heteroatoms. The maximum atomic E-state index is 5.88. The minimum atomic E-state index is 0.531. The van der Waals surface area contributed by atoms with Crippen molar-refractivity contribution < 1.29 is 4.74 Å². The first-order valence-corrected chi connectivity index (χ1v) is 7.09. The molecule has 0 aliphatic heterocycles. The second kappa shape index (κ2) is 5.02. The second-order valence-electron chi connectivity index (χ2n) is 4.56. The van der Waals surface area contributed by atoms with E-state index >= 15 is 0 Å². The molecule has 2 aromatic carbocycles. The number of ether oxygens (including phenoxy) is 1. The van der Waals surface area contributed by atoms with E-state index in [1.165, 1.54) is 15.8 Å². The van der Waals surface area contributed by atoms with Gasteiger partial charge in [-0.05, 0) is 43.2 Å². The summed E-state index contributed by atoms with van der Waals surface area (Å²) in [4.78, 5) is 4.57. The Labute approximate surface area is 116 Å². The molecule has 0 aliphatic carbocycles. The molecule has 0 N–H and O–H groups in total. The molecule has 1 aromatic heterocycles. The molecule has 1 heterocycles. The molecule has 0 aliphatic rings. The Bertz CT molecular complexity index is 685. The quantitative estimate of drug-likeness (QED) is 0.698. The molecule has 0 saturated carbocycles. The summed E-state index contributed by atoms with van der Waals surface area (Å²) in [5.74, 6) is 0.944. The predicted molar refractivity (Wildman–Crippen MR) is 79.9 cm³/mol. The number of hydrogen-bond acceptors (Lipinski definition) is 3. The number of thiazole rings is 1. The number of rotatable bonds is 3. The van der Waals surface area contributed by atoms with Crippen molar-refractivity contribution in [1.82, 2.24) is 4.98 Å². The Morgan fingerprint density at radius 2 is 1.89 bits per heavy atom. The lowest BCUT2D eigenvalue weighted by Crippen LogP contribution is -1.97.